The van der Waals surface area contributed by atoms with Gasteiger partial charge in [0.2, 0.25) is 15.9 Å². The third kappa shape index (κ3) is 3.65. The van der Waals surface area contributed by atoms with Crippen LogP contribution in [0.5, 0.6) is 5.88 Å². The Bertz CT molecular complexity index is 1490. The van der Waals surface area contributed by atoms with E-state index in [9.17, 15) is 18.3 Å². The highest BCUT2D eigenvalue weighted by atomic mass is 79.9. The molecule has 3 N–H and O–H groups in total. The molecule has 11 heteroatoms. The lowest BCUT2D eigenvalue weighted by atomic mass is 10.1. The summed E-state index contributed by atoms with van der Waals surface area (Å²) in [4.78, 5) is 21.9. The first-order valence-corrected chi connectivity index (χ1v) is 11.9. The zero-order chi connectivity index (χ0) is 21.6. The molecule has 2 aromatic carbocycles. The van der Waals surface area contributed by atoms with E-state index in [1.165, 1.54) is 24.3 Å². The summed E-state index contributed by atoms with van der Waals surface area (Å²) in [5.41, 5.74) is 0.801. The van der Waals surface area contributed by atoms with Crippen LogP contribution in [0.1, 0.15) is 11.8 Å². The van der Waals surface area contributed by atoms with Crippen molar-refractivity contribution >= 4 is 54.5 Å². The number of amides is 1. The van der Waals surface area contributed by atoms with E-state index in [1.807, 2.05) is 6.92 Å². The van der Waals surface area contributed by atoms with Crippen molar-refractivity contribution in [3.63, 3.8) is 0 Å². The van der Waals surface area contributed by atoms with E-state index in [0.29, 0.717) is 38.1 Å². The third-order valence-corrected chi connectivity index (χ3v) is 6.99. The molecule has 0 unspecified atom stereocenters. The molecular formula is C19H15BrN4O4S2. The number of hydrogen-bond donors (Lipinski definition) is 2. The summed E-state index contributed by atoms with van der Waals surface area (Å²) in [6.45, 7) is 2.26. The number of carbonyl (C=O) groups is 1. The Balaban J connectivity index is 1.91. The van der Waals surface area contributed by atoms with Gasteiger partial charge in [-0.1, -0.05) is 27.3 Å². The number of rotatable bonds is 4. The number of benzene rings is 2. The molecule has 0 aliphatic carbocycles. The highest BCUT2D eigenvalue weighted by Crippen LogP contribution is 2.29. The van der Waals surface area contributed by atoms with Crippen LogP contribution in [-0.4, -0.2) is 24.0 Å². The number of nitrogens with two attached hydrogens (primary N) is 1. The molecule has 1 aromatic heterocycles. The average molecular weight is 507 g/mol. The van der Waals surface area contributed by atoms with Crippen LogP contribution in [0.15, 0.2) is 61.8 Å². The second-order valence-electron chi connectivity index (χ2n) is 6.39. The Morgan fingerprint density at radius 2 is 1.93 bits per heavy atom. The standard InChI is InChI=1S/C19H15BrN4O4S2/c1-2-24-18(26)16(15-13-9-10(20)3-8-14(13)23-17(15)25)29-19(24)22-11-4-6-12(7-5-11)30(21,27)28/h3-9,26H,2H2,1H3,(H2,21,27,28). The zero-order valence-corrected chi connectivity index (χ0v) is 18.8. The number of carbonyl (C=O) groups excluding carboxylic acids is 1. The number of thiazole rings is 1. The fourth-order valence-electron chi connectivity index (χ4n) is 3.06. The average Bonchev–Trinajstić information content (AvgIpc) is 3.16. The molecule has 8 nitrogen and oxygen atoms in total. The maximum absolute atomic E-state index is 12.6. The van der Waals surface area contributed by atoms with Crippen molar-refractivity contribution in [1.82, 2.24) is 4.57 Å². The molecule has 30 heavy (non-hydrogen) atoms. The van der Waals surface area contributed by atoms with Crippen molar-refractivity contribution in [3.05, 3.63) is 67.2 Å². The summed E-state index contributed by atoms with van der Waals surface area (Å²) < 4.78 is 25.2. The van der Waals surface area contributed by atoms with Gasteiger partial charge >= 0.3 is 0 Å². The van der Waals surface area contributed by atoms with Crippen LogP contribution < -0.4 is 20.5 Å². The lowest BCUT2D eigenvalue weighted by Gasteiger charge is -2.02. The fraction of sp³-hybridized carbons (Fsp3) is 0.105. The molecule has 0 saturated carbocycles. The van der Waals surface area contributed by atoms with E-state index in [-0.39, 0.29) is 10.8 Å². The largest absolute Gasteiger partial charge is 0.493 e. The van der Waals surface area contributed by atoms with E-state index < -0.39 is 15.9 Å². The van der Waals surface area contributed by atoms with Crippen LogP contribution in [-0.2, 0) is 21.4 Å². The van der Waals surface area contributed by atoms with Gasteiger partial charge in [-0.25, -0.2) is 23.5 Å². The number of hydrogen-bond acceptors (Lipinski definition) is 6. The summed E-state index contributed by atoms with van der Waals surface area (Å²) in [6.07, 6.45) is 0. The summed E-state index contributed by atoms with van der Waals surface area (Å²) in [6, 6.07) is 11.1. The molecule has 2 heterocycles. The van der Waals surface area contributed by atoms with Crippen LogP contribution in [0.3, 0.4) is 0 Å². The quantitative estimate of drug-likeness (QED) is 0.552. The number of nitrogens with zero attached hydrogens (tertiary/aromatic N) is 3. The molecule has 3 aromatic rings. The first kappa shape index (κ1) is 20.7. The van der Waals surface area contributed by atoms with Crippen molar-refractivity contribution in [3.8, 4) is 5.88 Å². The molecule has 1 aliphatic heterocycles. The molecule has 0 radical (unpaired) electrons. The number of aromatic hydroxyl groups is 1. The van der Waals surface area contributed by atoms with Gasteiger partial charge in [0.15, 0.2) is 4.80 Å². The van der Waals surface area contributed by atoms with Crippen molar-refractivity contribution in [2.45, 2.75) is 18.4 Å². The minimum absolute atomic E-state index is 0.0181. The predicted molar refractivity (Wildman–Crippen MR) is 115 cm³/mol. The lowest BCUT2D eigenvalue weighted by molar-refractivity contribution is -0.112. The smallest absolute Gasteiger partial charge is 0.279 e. The first-order valence-electron chi connectivity index (χ1n) is 8.72. The molecule has 1 aliphatic rings. The number of halogens is 1. The van der Waals surface area contributed by atoms with Crippen molar-refractivity contribution < 1.29 is 18.3 Å². The predicted octanol–water partition coefficient (Wildman–Crippen LogP) is 1.28. The highest BCUT2D eigenvalue weighted by Gasteiger charge is 2.25. The second kappa shape index (κ2) is 7.58. The second-order valence-corrected chi connectivity index (χ2v) is 9.84. The molecule has 1 amide bonds. The van der Waals surface area contributed by atoms with Gasteiger partial charge in [0.25, 0.3) is 5.91 Å². The summed E-state index contributed by atoms with van der Waals surface area (Å²) >= 11 is 4.56. The minimum atomic E-state index is -3.80. The van der Waals surface area contributed by atoms with Crippen molar-refractivity contribution in [2.24, 2.45) is 15.1 Å². The highest BCUT2D eigenvalue weighted by molar-refractivity contribution is 9.10. The maximum atomic E-state index is 12.6. The summed E-state index contributed by atoms with van der Waals surface area (Å²) in [5.74, 6) is -0.499. The monoisotopic (exact) mass is 506 g/mol. The zero-order valence-electron chi connectivity index (χ0n) is 15.5. The molecule has 4 rings (SSSR count). The van der Waals surface area contributed by atoms with Gasteiger partial charge in [0.1, 0.15) is 4.88 Å². The number of fused-ring (bicyclic) bond motifs is 1. The number of aromatic nitrogens is 1. The minimum Gasteiger partial charge on any atom is -0.493 e. The Labute approximate surface area is 183 Å². The SMILES string of the molecule is CCn1c(O)c(C2=c3cc(Br)ccc3=NC2=O)sc1=Nc1ccc(S(N)(=O)=O)cc1. The molecule has 0 atom stereocenters. The molecular weight excluding hydrogens is 492 g/mol. The normalized spacial score (nSPS) is 14.2. The van der Waals surface area contributed by atoms with Crippen molar-refractivity contribution in [1.29, 1.82) is 0 Å². The van der Waals surface area contributed by atoms with Crippen molar-refractivity contribution in [2.75, 3.05) is 0 Å². The Morgan fingerprint density at radius 1 is 1.23 bits per heavy atom. The van der Waals surface area contributed by atoms with Crippen LogP contribution in [0.2, 0.25) is 0 Å². The van der Waals surface area contributed by atoms with Crippen LogP contribution in [0.4, 0.5) is 5.69 Å². The molecule has 0 spiro atoms. The van der Waals surface area contributed by atoms with E-state index >= 15 is 0 Å². The molecule has 154 valence electrons. The Kier molecular flexibility index (Phi) is 5.22. The number of primary sulfonamides is 1. The Morgan fingerprint density at radius 3 is 2.57 bits per heavy atom. The van der Waals surface area contributed by atoms with E-state index in [2.05, 4.69) is 25.9 Å². The van der Waals surface area contributed by atoms with E-state index in [4.69, 9.17) is 5.14 Å². The van der Waals surface area contributed by atoms with Gasteiger partial charge < -0.3 is 5.11 Å². The van der Waals surface area contributed by atoms with Gasteiger partial charge in [-0.3, -0.25) is 9.36 Å². The number of sulfonamides is 1. The van der Waals surface area contributed by atoms with Crippen LogP contribution in [0, 0.1) is 0 Å². The molecule has 0 fully saturated rings. The Hall–Kier alpha value is -2.60. The third-order valence-electron chi connectivity index (χ3n) is 4.48. The summed E-state index contributed by atoms with van der Waals surface area (Å²) in [5, 5.41) is 17.1. The molecule has 0 saturated heterocycles. The molecule has 0 bridgehead atoms. The van der Waals surface area contributed by atoms with E-state index in [1.54, 1.807) is 22.8 Å². The lowest BCUT2D eigenvalue weighted by Crippen LogP contribution is -2.22. The van der Waals surface area contributed by atoms with Crippen LogP contribution >= 0.6 is 27.3 Å². The van der Waals surface area contributed by atoms with E-state index in [0.717, 1.165) is 15.8 Å². The van der Waals surface area contributed by atoms with Gasteiger partial charge in [-0.15, -0.1) is 0 Å². The van der Waals surface area contributed by atoms with Gasteiger partial charge in [-0.05, 0) is 49.4 Å². The maximum Gasteiger partial charge on any atom is 0.279 e. The first-order chi connectivity index (χ1) is 14.2. The van der Waals surface area contributed by atoms with Gasteiger partial charge in [0.05, 0.1) is 21.5 Å². The van der Waals surface area contributed by atoms with Gasteiger partial charge in [0, 0.05) is 16.2 Å². The topological polar surface area (TPSA) is 127 Å². The fourth-order valence-corrected chi connectivity index (χ4v) is 5.10. The van der Waals surface area contributed by atoms with Crippen LogP contribution in [0.25, 0.3) is 5.57 Å². The summed E-state index contributed by atoms with van der Waals surface area (Å²) in [7, 11) is -3.80. The van der Waals surface area contributed by atoms with Gasteiger partial charge in [-0.2, -0.15) is 0 Å².